The molecule has 146 valence electrons. The van der Waals surface area contributed by atoms with Crippen molar-refractivity contribution < 1.29 is 28.4 Å². The summed E-state index contributed by atoms with van der Waals surface area (Å²) in [6.45, 7) is 4.52. The van der Waals surface area contributed by atoms with E-state index in [0.29, 0.717) is 0 Å². The average Bonchev–Trinajstić information content (AvgIpc) is 3.13. The van der Waals surface area contributed by atoms with Crippen LogP contribution in [0.25, 0.3) is 33.0 Å². The van der Waals surface area contributed by atoms with Gasteiger partial charge in [-0.15, -0.1) is 0 Å². The first-order chi connectivity index (χ1) is 13.8. The second-order valence-corrected chi connectivity index (χ2v) is 8.14. The first-order valence-electron chi connectivity index (χ1n) is 10.3. The number of rotatable bonds is 1. The van der Waals surface area contributed by atoms with Crippen molar-refractivity contribution in [2.45, 2.75) is 26.2 Å². The highest BCUT2D eigenvalue weighted by atomic mass is 127. The van der Waals surface area contributed by atoms with E-state index < -0.39 is 0 Å². The summed E-state index contributed by atoms with van der Waals surface area (Å²) in [5.74, 6) is 0. The third kappa shape index (κ3) is 2.96. The Morgan fingerprint density at radius 1 is 0.793 bits per heavy atom. The van der Waals surface area contributed by atoms with Gasteiger partial charge in [-0.05, 0) is 74.7 Å². The fourth-order valence-corrected chi connectivity index (χ4v) is 4.82. The second kappa shape index (κ2) is 7.17. The van der Waals surface area contributed by atoms with E-state index in [0.717, 1.165) is 0 Å². The number of aromatic nitrogens is 2. The fourth-order valence-electron chi connectivity index (χ4n) is 4.82. The van der Waals surface area contributed by atoms with E-state index in [9.17, 15) is 0 Å². The number of aryl methyl sites for hydroxylation is 1. The van der Waals surface area contributed by atoms with E-state index in [-0.39, 0.29) is 24.0 Å². The van der Waals surface area contributed by atoms with Crippen molar-refractivity contribution in [2.24, 2.45) is 0 Å². The lowest BCUT2D eigenvalue weighted by Gasteiger charge is -2.28. The van der Waals surface area contributed by atoms with Crippen LogP contribution in [0.5, 0.6) is 0 Å². The molecule has 0 atom stereocenters. The lowest BCUT2D eigenvalue weighted by Crippen LogP contribution is -3.00. The van der Waals surface area contributed by atoms with Gasteiger partial charge in [0.05, 0.1) is 0 Å². The molecule has 4 heteroatoms. The molecule has 2 aromatic carbocycles. The quantitative estimate of drug-likeness (QED) is 0.258. The largest absolute Gasteiger partial charge is 1.00 e. The zero-order valence-corrected chi connectivity index (χ0v) is 18.8. The molecule has 1 aliphatic heterocycles. The average molecular weight is 493 g/mol. The van der Waals surface area contributed by atoms with Gasteiger partial charge < -0.3 is 28.9 Å². The standard InChI is InChI=1S/C25H24N3.HI/c1-18-5-10-24-19(15-18)6-8-22-17-27-23-11-9-21(26-13-3-2-4-14-26)16-20(23)7-12-25(27)28(22)24;/h5-12,15-17H,2-4,13-14H2,1H3;1H/q+1;/p-1. The maximum Gasteiger partial charge on any atom is 0.292 e. The minimum Gasteiger partial charge on any atom is -1.00 e. The van der Waals surface area contributed by atoms with Crippen LogP contribution >= 0.6 is 0 Å². The molecule has 3 aromatic heterocycles. The van der Waals surface area contributed by atoms with Crippen molar-refractivity contribution in [2.75, 3.05) is 18.0 Å². The summed E-state index contributed by atoms with van der Waals surface area (Å²) in [6, 6.07) is 22.6. The van der Waals surface area contributed by atoms with Crippen LogP contribution in [0.15, 0.2) is 66.9 Å². The van der Waals surface area contributed by atoms with E-state index in [1.54, 1.807) is 0 Å². The molecular weight excluding hydrogens is 469 g/mol. The molecule has 29 heavy (non-hydrogen) atoms. The normalized spacial score (nSPS) is 14.7. The second-order valence-electron chi connectivity index (χ2n) is 8.14. The van der Waals surface area contributed by atoms with Crippen molar-refractivity contribution in [3.8, 4) is 0 Å². The minimum absolute atomic E-state index is 0. The number of piperidine rings is 1. The van der Waals surface area contributed by atoms with Gasteiger partial charge in [0.1, 0.15) is 17.2 Å². The molecule has 0 amide bonds. The first kappa shape index (κ1) is 18.7. The number of hydrogen-bond acceptors (Lipinski definition) is 1. The lowest BCUT2D eigenvalue weighted by molar-refractivity contribution is -0.479. The van der Waals surface area contributed by atoms with Gasteiger partial charge in [-0.1, -0.05) is 11.6 Å². The number of halogens is 1. The lowest BCUT2D eigenvalue weighted by atomic mass is 10.1. The van der Waals surface area contributed by atoms with Crippen LogP contribution in [0.4, 0.5) is 5.69 Å². The van der Waals surface area contributed by atoms with Crippen LogP contribution in [-0.4, -0.2) is 17.5 Å². The molecule has 0 unspecified atom stereocenters. The molecule has 0 spiro atoms. The van der Waals surface area contributed by atoms with E-state index in [1.807, 2.05) is 0 Å². The summed E-state index contributed by atoms with van der Waals surface area (Å²) in [7, 11) is 0. The summed E-state index contributed by atoms with van der Waals surface area (Å²) >= 11 is 0. The Morgan fingerprint density at radius 3 is 2.48 bits per heavy atom. The van der Waals surface area contributed by atoms with Crippen LogP contribution in [0, 0.1) is 6.92 Å². The Bertz CT molecular complexity index is 1360. The molecule has 4 heterocycles. The van der Waals surface area contributed by atoms with Gasteiger partial charge in [0.15, 0.2) is 5.52 Å². The fraction of sp³-hybridized carbons (Fsp3) is 0.240. The van der Waals surface area contributed by atoms with Crippen molar-refractivity contribution in [3.63, 3.8) is 0 Å². The molecule has 6 rings (SSSR count). The predicted molar refractivity (Wildman–Crippen MR) is 116 cm³/mol. The SMILES string of the molecule is Cc1ccc2c(ccc3c[n+]4c5ccc(N6CCCCC6)cc5ccc4n32)c1.[I-]. The molecule has 5 aromatic rings. The molecular formula is C25H24IN3. The molecule has 0 aliphatic carbocycles. The summed E-state index contributed by atoms with van der Waals surface area (Å²) in [6.07, 6.45) is 6.25. The molecule has 0 bridgehead atoms. The van der Waals surface area contributed by atoms with Crippen molar-refractivity contribution in [1.82, 2.24) is 4.40 Å². The summed E-state index contributed by atoms with van der Waals surface area (Å²) in [5, 5.41) is 2.59. The zero-order valence-electron chi connectivity index (χ0n) is 16.6. The number of imidazole rings is 1. The van der Waals surface area contributed by atoms with Crippen LogP contribution in [0.1, 0.15) is 24.8 Å². The summed E-state index contributed by atoms with van der Waals surface area (Å²) in [4.78, 5) is 2.53. The Kier molecular flexibility index (Phi) is 4.62. The van der Waals surface area contributed by atoms with Crippen molar-refractivity contribution >= 4 is 38.7 Å². The van der Waals surface area contributed by atoms with E-state index >= 15 is 0 Å². The highest BCUT2D eigenvalue weighted by Crippen LogP contribution is 2.26. The number of anilines is 1. The van der Waals surface area contributed by atoms with Crippen LogP contribution in [0.3, 0.4) is 0 Å². The van der Waals surface area contributed by atoms with Crippen LogP contribution < -0.4 is 33.3 Å². The van der Waals surface area contributed by atoms with Crippen LogP contribution in [-0.2, 0) is 0 Å². The third-order valence-electron chi connectivity index (χ3n) is 6.26. The third-order valence-corrected chi connectivity index (χ3v) is 6.26. The Hall–Kier alpha value is -2.34. The van der Waals surface area contributed by atoms with Crippen molar-refractivity contribution in [1.29, 1.82) is 0 Å². The Balaban J connectivity index is 0.00000181. The van der Waals surface area contributed by atoms with E-state index in [2.05, 4.69) is 87.5 Å². The number of pyridine rings is 2. The number of nitrogens with zero attached hydrogens (tertiary/aromatic N) is 3. The number of hydrogen-bond donors (Lipinski definition) is 0. The molecule has 1 fully saturated rings. The summed E-state index contributed by atoms with van der Waals surface area (Å²) < 4.78 is 4.71. The maximum absolute atomic E-state index is 2.53. The Labute approximate surface area is 187 Å². The molecule has 0 radical (unpaired) electrons. The van der Waals surface area contributed by atoms with Gasteiger partial charge in [-0.2, -0.15) is 8.80 Å². The summed E-state index contributed by atoms with van der Waals surface area (Å²) in [5.41, 5.74) is 7.62. The van der Waals surface area contributed by atoms with Gasteiger partial charge in [-0.25, -0.2) is 0 Å². The van der Waals surface area contributed by atoms with Gasteiger partial charge in [-0.3, -0.25) is 0 Å². The molecule has 3 nitrogen and oxygen atoms in total. The smallest absolute Gasteiger partial charge is 0.292 e. The first-order valence-corrected chi connectivity index (χ1v) is 10.3. The maximum atomic E-state index is 2.53. The van der Waals surface area contributed by atoms with E-state index in [1.165, 1.54) is 76.6 Å². The predicted octanol–water partition coefficient (Wildman–Crippen LogP) is 2.29. The highest BCUT2D eigenvalue weighted by molar-refractivity contribution is 5.86. The van der Waals surface area contributed by atoms with Gasteiger partial charge in [0, 0.05) is 35.6 Å². The topological polar surface area (TPSA) is 11.8 Å². The van der Waals surface area contributed by atoms with Crippen LogP contribution in [0.2, 0.25) is 0 Å². The van der Waals surface area contributed by atoms with Crippen molar-refractivity contribution in [3.05, 3.63) is 72.4 Å². The zero-order chi connectivity index (χ0) is 18.7. The highest BCUT2D eigenvalue weighted by Gasteiger charge is 2.18. The van der Waals surface area contributed by atoms with E-state index in [4.69, 9.17) is 0 Å². The molecule has 1 aliphatic rings. The monoisotopic (exact) mass is 493 g/mol. The Morgan fingerprint density at radius 2 is 1.62 bits per heavy atom. The molecule has 0 N–H and O–H groups in total. The van der Waals surface area contributed by atoms with Gasteiger partial charge in [0.25, 0.3) is 5.65 Å². The number of fused-ring (bicyclic) bond motifs is 7. The van der Waals surface area contributed by atoms with Gasteiger partial charge >= 0.3 is 0 Å². The molecule has 1 saturated heterocycles. The minimum atomic E-state index is 0. The molecule has 0 saturated carbocycles. The van der Waals surface area contributed by atoms with Gasteiger partial charge in [0.2, 0.25) is 0 Å². The number of benzene rings is 2.